The van der Waals surface area contributed by atoms with Crippen molar-refractivity contribution in [2.75, 3.05) is 23.4 Å². The van der Waals surface area contributed by atoms with Gasteiger partial charge in [0.1, 0.15) is 10.9 Å². The van der Waals surface area contributed by atoms with Crippen molar-refractivity contribution in [1.82, 2.24) is 19.7 Å². The lowest BCUT2D eigenvalue weighted by Gasteiger charge is -2.15. The van der Waals surface area contributed by atoms with Gasteiger partial charge in [-0.2, -0.15) is 0 Å². The molecule has 0 bridgehead atoms. The molecule has 2 aromatic rings. The van der Waals surface area contributed by atoms with Crippen molar-refractivity contribution < 1.29 is 14.3 Å². The van der Waals surface area contributed by atoms with Crippen molar-refractivity contribution in [3.05, 3.63) is 10.6 Å². The van der Waals surface area contributed by atoms with E-state index in [1.807, 2.05) is 20.8 Å². The van der Waals surface area contributed by atoms with Crippen LogP contribution >= 0.6 is 23.1 Å². The third kappa shape index (κ3) is 5.19. The number of hydrogen-bond donors (Lipinski definition) is 2. The van der Waals surface area contributed by atoms with E-state index < -0.39 is 12.0 Å². The first kappa shape index (κ1) is 21.2. The lowest BCUT2D eigenvalue weighted by molar-refractivity contribution is -0.118. The molecule has 9 nitrogen and oxygen atoms in total. The Bertz CT molecular complexity index is 817. The van der Waals surface area contributed by atoms with Gasteiger partial charge in [0.15, 0.2) is 10.3 Å². The summed E-state index contributed by atoms with van der Waals surface area (Å²) in [5.41, 5.74) is 6.37. The highest BCUT2D eigenvalue weighted by Crippen LogP contribution is 2.26. The van der Waals surface area contributed by atoms with Crippen LogP contribution in [0.5, 0.6) is 0 Å². The summed E-state index contributed by atoms with van der Waals surface area (Å²) in [4.78, 5) is 29.4. The van der Waals surface area contributed by atoms with Gasteiger partial charge in [0.2, 0.25) is 11.9 Å². The van der Waals surface area contributed by atoms with Crippen molar-refractivity contribution in [3.63, 3.8) is 0 Å². The van der Waals surface area contributed by atoms with Gasteiger partial charge in [-0.25, -0.2) is 9.78 Å². The van der Waals surface area contributed by atoms with Crippen molar-refractivity contribution in [3.8, 4) is 0 Å². The molecule has 0 aliphatic carbocycles. The summed E-state index contributed by atoms with van der Waals surface area (Å²) in [5.74, 6) is 0.431. The van der Waals surface area contributed by atoms with Gasteiger partial charge in [-0.3, -0.25) is 9.36 Å². The van der Waals surface area contributed by atoms with Crippen molar-refractivity contribution in [2.45, 2.75) is 45.8 Å². The molecule has 11 heteroatoms. The standard InChI is InChI=1S/C16H24N6O3S2/c1-6-26-16-21-20-14(17)22(16)10(5)12(23)19-15-18-9(4)11(27-15)13(24)25-7-8(2)3/h8,10H,6-7H2,1-5H3,(H2,17,20)(H,18,19,23). The van der Waals surface area contributed by atoms with Crippen molar-refractivity contribution in [2.24, 2.45) is 5.92 Å². The van der Waals surface area contributed by atoms with Gasteiger partial charge in [-0.15, -0.1) is 10.2 Å². The number of thioether (sulfide) groups is 1. The normalized spacial score (nSPS) is 12.2. The highest BCUT2D eigenvalue weighted by atomic mass is 32.2. The molecule has 0 saturated carbocycles. The molecule has 0 aromatic carbocycles. The van der Waals surface area contributed by atoms with Crippen molar-refractivity contribution in [1.29, 1.82) is 0 Å². The Kier molecular flexibility index (Phi) is 7.19. The minimum absolute atomic E-state index is 0.168. The average molecular weight is 413 g/mol. The molecular weight excluding hydrogens is 388 g/mol. The second kappa shape index (κ2) is 9.18. The molecule has 1 unspecified atom stereocenters. The highest BCUT2D eigenvalue weighted by molar-refractivity contribution is 7.99. The average Bonchev–Trinajstić information content (AvgIpc) is 3.15. The lowest BCUT2D eigenvalue weighted by atomic mass is 10.2. The quantitative estimate of drug-likeness (QED) is 0.501. The first-order valence-corrected chi connectivity index (χ1v) is 10.3. The zero-order valence-electron chi connectivity index (χ0n) is 16.0. The van der Waals surface area contributed by atoms with Gasteiger partial charge >= 0.3 is 5.97 Å². The van der Waals surface area contributed by atoms with Crippen LogP contribution in [0.2, 0.25) is 0 Å². The maximum atomic E-state index is 12.6. The number of nitrogens with zero attached hydrogens (tertiary/aromatic N) is 4. The van der Waals surface area contributed by atoms with Crippen LogP contribution in [-0.4, -0.2) is 44.0 Å². The van der Waals surface area contributed by atoms with E-state index in [4.69, 9.17) is 10.5 Å². The number of rotatable bonds is 8. The molecule has 0 fully saturated rings. The molecule has 0 saturated heterocycles. The number of carbonyl (C=O) groups is 2. The monoisotopic (exact) mass is 412 g/mol. The summed E-state index contributed by atoms with van der Waals surface area (Å²) in [6, 6.07) is -0.630. The van der Waals surface area contributed by atoms with E-state index in [9.17, 15) is 9.59 Å². The zero-order valence-corrected chi connectivity index (χ0v) is 17.6. The Morgan fingerprint density at radius 3 is 2.67 bits per heavy atom. The lowest BCUT2D eigenvalue weighted by Crippen LogP contribution is -2.25. The SMILES string of the molecule is CCSc1nnc(N)n1C(C)C(=O)Nc1nc(C)c(C(=O)OCC(C)C)s1. The van der Waals surface area contributed by atoms with E-state index >= 15 is 0 Å². The summed E-state index contributed by atoms with van der Waals surface area (Å²) in [6.07, 6.45) is 0. The van der Waals surface area contributed by atoms with Gasteiger partial charge in [0, 0.05) is 0 Å². The molecule has 0 spiro atoms. The summed E-state index contributed by atoms with van der Waals surface area (Å²) < 4.78 is 6.80. The van der Waals surface area contributed by atoms with Gasteiger partial charge in [-0.05, 0) is 25.5 Å². The Hall–Kier alpha value is -2.14. The van der Waals surface area contributed by atoms with Crippen LogP contribution in [0.4, 0.5) is 11.1 Å². The van der Waals surface area contributed by atoms with E-state index in [-0.39, 0.29) is 17.8 Å². The maximum absolute atomic E-state index is 12.6. The van der Waals surface area contributed by atoms with Crippen LogP contribution in [0.15, 0.2) is 5.16 Å². The number of carbonyl (C=O) groups excluding carboxylic acids is 2. The number of amides is 1. The topological polar surface area (TPSA) is 125 Å². The summed E-state index contributed by atoms with van der Waals surface area (Å²) in [7, 11) is 0. The van der Waals surface area contributed by atoms with Gasteiger partial charge < -0.3 is 15.8 Å². The number of nitrogen functional groups attached to an aromatic ring is 1. The minimum atomic E-state index is -0.630. The number of anilines is 2. The predicted octanol–water partition coefficient (Wildman–Crippen LogP) is 2.75. The minimum Gasteiger partial charge on any atom is -0.461 e. The number of thiazole rings is 1. The van der Waals surface area contributed by atoms with Gasteiger partial charge in [0.05, 0.1) is 12.3 Å². The fourth-order valence-corrected chi connectivity index (χ4v) is 3.76. The smallest absolute Gasteiger partial charge is 0.350 e. The Morgan fingerprint density at radius 2 is 2.04 bits per heavy atom. The highest BCUT2D eigenvalue weighted by Gasteiger charge is 2.24. The first-order valence-electron chi connectivity index (χ1n) is 8.53. The number of ether oxygens (including phenoxy) is 1. The second-order valence-electron chi connectivity index (χ2n) is 6.23. The summed E-state index contributed by atoms with van der Waals surface area (Å²) in [6.45, 7) is 9.63. The van der Waals surface area contributed by atoms with E-state index in [2.05, 4.69) is 20.5 Å². The molecule has 3 N–H and O–H groups in total. The van der Waals surface area contributed by atoms with Crippen LogP contribution in [0.3, 0.4) is 0 Å². The number of hydrogen-bond acceptors (Lipinski definition) is 9. The van der Waals surface area contributed by atoms with Crippen LogP contribution in [0.1, 0.15) is 49.1 Å². The van der Waals surface area contributed by atoms with Crippen LogP contribution in [0, 0.1) is 12.8 Å². The molecular formula is C16H24N6O3S2. The van der Waals surface area contributed by atoms with Crippen LogP contribution < -0.4 is 11.1 Å². The van der Waals surface area contributed by atoms with Crippen LogP contribution in [0.25, 0.3) is 0 Å². The third-order valence-electron chi connectivity index (χ3n) is 3.49. The maximum Gasteiger partial charge on any atom is 0.350 e. The summed E-state index contributed by atoms with van der Waals surface area (Å²) >= 11 is 2.53. The predicted molar refractivity (Wildman–Crippen MR) is 106 cm³/mol. The second-order valence-corrected chi connectivity index (χ2v) is 8.47. The molecule has 2 heterocycles. The van der Waals surface area contributed by atoms with Gasteiger partial charge in [-0.1, -0.05) is 43.9 Å². The van der Waals surface area contributed by atoms with Gasteiger partial charge in [0.25, 0.3) is 0 Å². The number of aryl methyl sites for hydroxylation is 1. The molecule has 148 valence electrons. The molecule has 0 aliphatic rings. The Morgan fingerprint density at radius 1 is 1.33 bits per heavy atom. The number of aromatic nitrogens is 4. The van der Waals surface area contributed by atoms with E-state index in [0.29, 0.717) is 27.5 Å². The molecule has 1 atom stereocenters. The van der Waals surface area contributed by atoms with E-state index in [0.717, 1.165) is 17.1 Å². The molecule has 2 rings (SSSR count). The fraction of sp³-hybridized carbons (Fsp3) is 0.562. The number of nitrogens with two attached hydrogens (primary N) is 1. The fourth-order valence-electron chi connectivity index (χ4n) is 2.15. The zero-order chi connectivity index (χ0) is 20.1. The molecule has 1 amide bonds. The number of esters is 1. The van der Waals surface area contributed by atoms with E-state index in [1.54, 1.807) is 18.4 Å². The largest absolute Gasteiger partial charge is 0.461 e. The third-order valence-corrected chi connectivity index (χ3v) is 5.37. The van der Waals surface area contributed by atoms with Crippen molar-refractivity contribution >= 4 is 46.1 Å². The van der Waals surface area contributed by atoms with E-state index in [1.165, 1.54) is 11.8 Å². The Balaban J connectivity index is 2.11. The van der Waals surface area contributed by atoms with Crippen LogP contribution in [-0.2, 0) is 9.53 Å². The summed E-state index contributed by atoms with van der Waals surface area (Å²) in [5, 5.41) is 11.5. The first-order chi connectivity index (χ1) is 12.7. The Labute approximate surface area is 166 Å². The number of nitrogens with one attached hydrogen (secondary N) is 1. The molecule has 27 heavy (non-hydrogen) atoms. The molecule has 0 aliphatic heterocycles. The molecule has 2 aromatic heterocycles. The molecule has 0 radical (unpaired) electrons.